The minimum Gasteiger partial charge on any atom is -0.504 e. The lowest BCUT2D eigenvalue weighted by molar-refractivity contribution is -0.277. The van der Waals surface area contributed by atoms with Crippen molar-refractivity contribution < 1.29 is 44.5 Å². The second kappa shape index (κ2) is 8.17. The predicted molar refractivity (Wildman–Crippen MR) is 106 cm³/mol. The maximum Gasteiger partial charge on any atom is 0.229 e. The molecule has 1 fully saturated rings. The third-order valence-corrected chi connectivity index (χ3v) is 5.08. The first kappa shape index (κ1) is 21.1. The molecule has 0 bridgehead atoms. The molecule has 0 radical (unpaired) electrons. The van der Waals surface area contributed by atoms with Crippen LogP contribution in [0, 0.1) is 0 Å². The van der Waals surface area contributed by atoms with Gasteiger partial charge < -0.3 is 44.5 Å². The number of phenols is 2. The third kappa shape index (κ3) is 3.71. The molecule has 1 aliphatic heterocycles. The fourth-order valence-electron chi connectivity index (χ4n) is 3.39. The average molecular weight is 432 g/mol. The molecule has 0 unspecified atom stereocenters. The van der Waals surface area contributed by atoms with E-state index in [4.69, 9.17) is 13.9 Å². The fraction of sp³-hybridized carbons (Fsp3) is 0.286. The lowest BCUT2D eigenvalue weighted by atomic mass is 9.99. The van der Waals surface area contributed by atoms with E-state index >= 15 is 0 Å². The van der Waals surface area contributed by atoms with E-state index < -0.39 is 60.0 Å². The van der Waals surface area contributed by atoms with Crippen LogP contribution in [0.4, 0.5) is 0 Å². The summed E-state index contributed by atoms with van der Waals surface area (Å²) < 4.78 is 16.4. The van der Waals surface area contributed by atoms with E-state index in [1.807, 2.05) is 0 Å². The first-order valence-corrected chi connectivity index (χ1v) is 9.37. The number of rotatable bonds is 4. The predicted octanol–water partition coefficient (Wildman–Crippen LogP) is 0.0499. The number of hydrogen-bond donors (Lipinski definition) is 6. The summed E-state index contributed by atoms with van der Waals surface area (Å²) in [6.45, 7) is -0.672. The lowest BCUT2D eigenvalue weighted by Crippen LogP contribution is -2.60. The lowest BCUT2D eigenvalue weighted by Gasteiger charge is -2.39. The van der Waals surface area contributed by atoms with Gasteiger partial charge in [0.05, 0.1) is 6.61 Å². The van der Waals surface area contributed by atoms with Gasteiger partial charge in [0.2, 0.25) is 12.0 Å². The summed E-state index contributed by atoms with van der Waals surface area (Å²) in [4.78, 5) is 12.5. The zero-order chi connectivity index (χ0) is 22.3. The number of aliphatic hydroxyl groups excluding tert-OH is 4. The summed E-state index contributed by atoms with van der Waals surface area (Å²) in [5.74, 6) is -1.82. The Labute approximate surface area is 174 Å². The minimum atomic E-state index is -1.74. The van der Waals surface area contributed by atoms with Crippen molar-refractivity contribution in [3.8, 4) is 28.6 Å². The van der Waals surface area contributed by atoms with E-state index in [1.54, 1.807) is 30.3 Å². The number of hydrogen-bond acceptors (Lipinski definition) is 10. The van der Waals surface area contributed by atoms with Crippen LogP contribution in [0.2, 0.25) is 0 Å². The van der Waals surface area contributed by atoms with Gasteiger partial charge in [0.1, 0.15) is 41.1 Å². The Balaban J connectivity index is 1.76. The summed E-state index contributed by atoms with van der Waals surface area (Å²) >= 11 is 0. The van der Waals surface area contributed by atoms with E-state index in [1.165, 1.54) is 6.07 Å². The molecule has 10 nitrogen and oxygen atoms in total. The maximum atomic E-state index is 12.5. The molecule has 1 saturated heterocycles. The van der Waals surface area contributed by atoms with Crippen molar-refractivity contribution in [1.82, 2.24) is 0 Å². The molecule has 3 aromatic rings. The Morgan fingerprint density at radius 3 is 2.32 bits per heavy atom. The van der Waals surface area contributed by atoms with Gasteiger partial charge in [0, 0.05) is 17.7 Å². The number of fused-ring (bicyclic) bond motifs is 1. The van der Waals surface area contributed by atoms with Crippen LogP contribution >= 0.6 is 0 Å². The smallest absolute Gasteiger partial charge is 0.229 e. The van der Waals surface area contributed by atoms with Crippen molar-refractivity contribution in [3.05, 3.63) is 52.7 Å². The highest BCUT2D eigenvalue weighted by molar-refractivity contribution is 5.89. The van der Waals surface area contributed by atoms with Crippen LogP contribution < -0.4 is 10.2 Å². The highest BCUT2D eigenvalue weighted by Gasteiger charge is 2.45. The highest BCUT2D eigenvalue weighted by Crippen LogP contribution is 2.42. The maximum absolute atomic E-state index is 12.5. The van der Waals surface area contributed by atoms with Crippen molar-refractivity contribution in [2.24, 2.45) is 0 Å². The molecule has 2 aromatic carbocycles. The average Bonchev–Trinajstić information content (AvgIpc) is 2.77. The number of aliphatic hydroxyl groups is 4. The molecule has 0 saturated carbocycles. The number of aromatic hydroxyl groups is 2. The van der Waals surface area contributed by atoms with E-state index in [9.17, 15) is 35.4 Å². The Kier molecular flexibility index (Phi) is 5.56. The normalized spacial score (nSPS) is 26.1. The number of phenolic OH excluding ortho intramolecular Hbond substituents is 2. The standard InChI is InChI=1S/C21H20O10/c22-8-14-17(25)19(27)20(28)21(31-14)30-13-7-12-15(18(26)16(13)24)10(23)6-11(29-12)9-4-2-1-3-5-9/h1-7,14,17,19-22,24-28H,8H2/t14-,17-,19+,20+,21+/m1/s1. The molecule has 164 valence electrons. The molecule has 31 heavy (non-hydrogen) atoms. The summed E-state index contributed by atoms with van der Waals surface area (Å²) in [6.07, 6.45) is -7.87. The Bertz CT molecular complexity index is 1140. The van der Waals surface area contributed by atoms with Crippen LogP contribution in [-0.4, -0.2) is 68.0 Å². The van der Waals surface area contributed by atoms with Crippen molar-refractivity contribution >= 4 is 11.0 Å². The zero-order valence-corrected chi connectivity index (χ0v) is 16.0. The molecule has 0 amide bonds. The highest BCUT2D eigenvalue weighted by atomic mass is 16.7. The van der Waals surface area contributed by atoms with Crippen LogP contribution in [0.5, 0.6) is 17.2 Å². The Morgan fingerprint density at radius 1 is 0.935 bits per heavy atom. The SMILES string of the molecule is O=c1cc(-c2ccccc2)oc2cc(O[C@H]3O[C@H](CO)[C@@H](O)[C@H](O)[C@@H]3O)c(O)c(O)c12. The third-order valence-electron chi connectivity index (χ3n) is 5.08. The molecule has 1 aliphatic rings. The minimum absolute atomic E-state index is 0.110. The summed E-state index contributed by atoms with van der Waals surface area (Å²) in [6, 6.07) is 11.0. The molecule has 5 atom stereocenters. The van der Waals surface area contributed by atoms with E-state index in [2.05, 4.69) is 0 Å². The Hall–Kier alpha value is -3.15. The van der Waals surface area contributed by atoms with Crippen LogP contribution in [-0.2, 0) is 4.74 Å². The molecule has 10 heteroatoms. The van der Waals surface area contributed by atoms with Gasteiger partial charge in [0.25, 0.3) is 0 Å². The van der Waals surface area contributed by atoms with Gasteiger partial charge in [-0.25, -0.2) is 0 Å². The van der Waals surface area contributed by atoms with Crippen molar-refractivity contribution in [2.45, 2.75) is 30.7 Å². The van der Waals surface area contributed by atoms with Crippen molar-refractivity contribution in [2.75, 3.05) is 6.61 Å². The Morgan fingerprint density at radius 2 is 1.65 bits per heavy atom. The second-order valence-corrected chi connectivity index (χ2v) is 7.10. The summed E-state index contributed by atoms with van der Waals surface area (Å²) in [5.41, 5.74) is -0.112. The van der Waals surface area contributed by atoms with E-state index in [0.717, 1.165) is 6.07 Å². The van der Waals surface area contributed by atoms with E-state index in [0.29, 0.717) is 5.56 Å². The van der Waals surface area contributed by atoms with Gasteiger partial charge >= 0.3 is 0 Å². The van der Waals surface area contributed by atoms with Crippen LogP contribution in [0.1, 0.15) is 0 Å². The van der Waals surface area contributed by atoms with Crippen LogP contribution in [0.15, 0.2) is 51.7 Å². The second-order valence-electron chi connectivity index (χ2n) is 7.10. The summed E-state index contributed by atoms with van der Waals surface area (Å²) in [7, 11) is 0. The molecule has 0 aliphatic carbocycles. The van der Waals surface area contributed by atoms with Gasteiger partial charge in [-0.2, -0.15) is 0 Å². The zero-order valence-electron chi connectivity index (χ0n) is 16.0. The molecule has 2 heterocycles. The van der Waals surface area contributed by atoms with Crippen LogP contribution in [0.25, 0.3) is 22.3 Å². The number of ether oxygens (including phenoxy) is 2. The molecule has 1 aromatic heterocycles. The van der Waals surface area contributed by atoms with Gasteiger partial charge in [-0.3, -0.25) is 4.79 Å². The largest absolute Gasteiger partial charge is 0.504 e. The van der Waals surface area contributed by atoms with Gasteiger partial charge in [-0.05, 0) is 0 Å². The monoisotopic (exact) mass is 432 g/mol. The molecular weight excluding hydrogens is 412 g/mol. The molecule has 4 rings (SSSR count). The van der Waals surface area contributed by atoms with Gasteiger partial charge in [-0.15, -0.1) is 0 Å². The fourth-order valence-corrected chi connectivity index (χ4v) is 3.39. The van der Waals surface area contributed by atoms with E-state index in [-0.39, 0.29) is 16.7 Å². The quantitative estimate of drug-likeness (QED) is 0.310. The van der Waals surface area contributed by atoms with Gasteiger partial charge in [-0.1, -0.05) is 30.3 Å². The first-order valence-electron chi connectivity index (χ1n) is 9.37. The van der Waals surface area contributed by atoms with Crippen molar-refractivity contribution in [1.29, 1.82) is 0 Å². The first-order chi connectivity index (χ1) is 14.8. The topological polar surface area (TPSA) is 170 Å². The summed E-state index contributed by atoms with van der Waals surface area (Å²) in [5, 5.41) is 59.6. The molecule has 0 spiro atoms. The molecular formula is C21H20O10. The van der Waals surface area contributed by atoms with Crippen LogP contribution in [0.3, 0.4) is 0 Å². The molecule has 6 N–H and O–H groups in total. The van der Waals surface area contributed by atoms with Crippen molar-refractivity contribution in [3.63, 3.8) is 0 Å². The number of benzene rings is 2. The van der Waals surface area contributed by atoms with Gasteiger partial charge in [0.15, 0.2) is 16.9 Å².